The molecule has 0 unspecified atom stereocenters. The topological polar surface area (TPSA) is 59.8 Å². The Morgan fingerprint density at radius 2 is 1.70 bits per heavy atom. The smallest absolute Gasteiger partial charge is 0.295 e. The first kappa shape index (κ1) is 20.0. The summed E-state index contributed by atoms with van der Waals surface area (Å²) >= 11 is 3.42. The number of anilines is 1. The van der Waals surface area contributed by atoms with Crippen molar-refractivity contribution in [3.8, 4) is 17.1 Å². The minimum absolute atomic E-state index is 0.0261. The Morgan fingerprint density at radius 3 is 2.40 bits per heavy atom. The van der Waals surface area contributed by atoms with Gasteiger partial charge < -0.3 is 5.32 Å². The van der Waals surface area contributed by atoms with Crippen LogP contribution in [0.2, 0.25) is 0 Å². The molecular formula is C23H18BrFN4O. The molecule has 0 aliphatic rings. The number of amides is 1. The molecule has 0 atom stereocenters. The lowest BCUT2D eigenvalue weighted by Gasteiger charge is -2.07. The number of carbonyl (C=O) groups excluding carboxylic acids is 1. The van der Waals surface area contributed by atoms with Crippen molar-refractivity contribution >= 4 is 27.5 Å². The number of nitrogens with zero attached hydrogens (tertiary/aromatic N) is 3. The largest absolute Gasteiger partial charge is 0.319 e. The first-order valence-corrected chi connectivity index (χ1v) is 10.1. The Morgan fingerprint density at radius 1 is 1.00 bits per heavy atom. The highest BCUT2D eigenvalue weighted by Gasteiger charge is 2.19. The van der Waals surface area contributed by atoms with Gasteiger partial charge in [-0.05, 0) is 67.4 Å². The van der Waals surface area contributed by atoms with Gasteiger partial charge in [0.1, 0.15) is 5.82 Å². The van der Waals surface area contributed by atoms with E-state index in [0.29, 0.717) is 17.2 Å². The lowest BCUT2D eigenvalue weighted by molar-refractivity contribution is 0.101. The second kappa shape index (κ2) is 8.20. The number of nitrogens with one attached hydrogen (secondary N) is 1. The van der Waals surface area contributed by atoms with Crippen LogP contribution in [0.1, 0.15) is 21.7 Å². The van der Waals surface area contributed by atoms with Gasteiger partial charge in [-0.3, -0.25) is 4.79 Å². The Balaban J connectivity index is 1.76. The molecule has 150 valence electrons. The normalized spacial score (nSPS) is 10.8. The summed E-state index contributed by atoms with van der Waals surface area (Å²) in [6, 6.07) is 19.2. The summed E-state index contributed by atoms with van der Waals surface area (Å²) in [5.41, 5.74) is 4.08. The van der Waals surface area contributed by atoms with Crippen LogP contribution in [0, 0.1) is 19.7 Å². The maximum Gasteiger partial charge on any atom is 0.295 e. The number of benzene rings is 3. The molecule has 0 fully saturated rings. The quantitative estimate of drug-likeness (QED) is 0.420. The van der Waals surface area contributed by atoms with E-state index in [-0.39, 0.29) is 11.6 Å². The third kappa shape index (κ3) is 4.16. The van der Waals surface area contributed by atoms with E-state index in [1.807, 2.05) is 56.3 Å². The van der Waals surface area contributed by atoms with Gasteiger partial charge in [-0.15, -0.1) is 5.10 Å². The van der Waals surface area contributed by atoms with E-state index in [9.17, 15) is 9.18 Å². The highest BCUT2D eigenvalue weighted by Crippen LogP contribution is 2.24. The molecule has 7 heteroatoms. The SMILES string of the molecule is Cc1ccc(C)c(NC(=O)c2nc(-c3ccc(Br)cc3)n(-c3ccc(F)cc3)n2)c1. The van der Waals surface area contributed by atoms with E-state index in [2.05, 4.69) is 31.3 Å². The average molecular weight is 465 g/mol. The predicted molar refractivity (Wildman–Crippen MR) is 118 cm³/mol. The molecule has 4 rings (SSSR count). The Bertz CT molecular complexity index is 1150. The van der Waals surface area contributed by atoms with Gasteiger partial charge in [0.05, 0.1) is 5.69 Å². The zero-order valence-corrected chi connectivity index (χ0v) is 17.9. The first-order chi connectivity index (χ1) is 14.4. The van der Waals surface area contributed by atoms with Crippen molar-refractivity contribution < 1.29 is 9.18 Å². The fourth-order valence-corrected chi connectivity index (χ4v) is 3.27. The van der Waals surface area contributed by atoms with E-state index in [1.54, 1.807) is 16.8 Å². The Labute approximate surface area is 181 Å². The molecule has 1 N–H and O–H groups in total. The molecule has 3 aromatic carbocycles. The fourth-order valence-electron chi connectivity index (χ4n) is 3.01. The van der Waals surface area contributed by atoms with Crippen molar-refractivity contribution in [2.45, 2.75) is 13.8 Å². The molecule has 0 saturated heterocycles. The maximum atomic E-state index is 13.4. The van der Waals surface area contributed by atoms with Gasteiger partial charge >= 0.3 is 0 Å². The summed E-state index contributed by atoms with van der Waals surface area (Å²) in [4.78, 5) is 17.4. The zero-order chi connectivity index (χ0) is 21.3. The van der Waals surface area contributed by atoms with Crippen molar-refractivity contribution in [2.75, 3.05) is 5.32 Å². The first-order valence-electron chi connectivity index (χ1n) is 9.28. The van der Waals surface area contributed by atoms with E-state index in [0.717, 1.165) is 21.2 Å². The average Bonchev–Trinajstić information content (AvgIpc) is 3.17. The molecule has 1 aromatic heterocycles. The molecule has 1 heterocycles. The number of aryl methyl sites for hydroxylation is 2. The van der Waals surface area contributed by atoms with E-state index in [4.69, 9.17) is 0 Å². The summed E-state index contributed by atoms with van der Waals surface area (Å²) in [7, 11) is 0. The number of aromatic nitrogens is 3. The van der Waals surface area contributed by atoms with Crippen LogP contribution < -0.4 is 5.32 Å². The molecule has 0 aliphatic heterocycles. The molecule has 4 aromatic rings. The van der Waals surface area contributed by atoms with Crippen LogP contribution in [0.25, 0.3) is 17.1 Å². The van der Waals surface area contributed by atoms with Gasteiger partial charge in [0.25, 0.3) is 5.91 Å². The van der Waals surface area contributed by atoms with Gasteiger partial charge in [-0.2, -0.15) is 0 Å². The molecule has 0 radical (unpaired) electrons. The van der Waals surface area contributed by atoms with E-state index >= 15 is 0 Å². The predicted octanol–water partition coefficient (Wildman–Crippen LogP) is 5.71. The van der Waals surface area contributed by atoms with Crippen molar-refractivity contribution in [2.24, 2.45) is 0 Å². The summed E-state index contributed by atoms with van der Waals surface area (Å²) in [6.45, 7) is 3.88. The van der Waals surface area contributed by atoms with Crippen LogP contribution in [0.15, 0.2) is 71.2 Å². The second-order valence-electron chi connectivity index (χ2n) is 6.93. The highest BCUT2D eigenvalue weighted by atomic mass is 79.9. The molecule has 0 spiro atoms. The number of carbonyl (C=O) groups is 1. The highest BCUT2D eigenvalue weighted by molar-refractivity contribution is 9.10. The number of hydrogen-bond acceptors (Lipinski definition) is 3. The minimum atomic E-state index is -0.414. The number of halogens is 2. The fraction of sp³-hybridized carbons (Fsp3) is 0.0870. The molecule has 0 bridgehead atoms. The minimum Gasteiger partial charge on any atom is -0.319 e. The summed E-state index contributed by atoms with van der Waals surface area (Å²) in [5.74, 6) is -0.252. The lowest BCUT2D eigenvalue weighted by atomic mass is 10.1. The molecule has 0 saturated carbocycles. The van der Waals surface area contributed by atoms with Crippen molar-refractivity contribution in [1.82, 2.24) is 14.8 Å². The summed E-state index contributed by atoms with van der Waals surface area (Å²) < 4.78 is 15.9. The molecule has 0 aliphatic carbocycles. The maximum absolute atomic E-state index is 13.4. The summed E-state index contributed by atoms with van der Waals surface area (Å²) in [6.07, 6.45) is 0. The lowest BCUT2D eigenvalue weighted by Crippen LogP contribution is -2.15. The standard InChI is InChI=1S/C23H18BrFN4O/c1-14-3-4-15(2)20(13-14)26-23(30)21-27-22(16-5-7-17(24)8-6-16)29(28-21)19-11-9-18(25)10-12-19/h3-13H,1-2H3,(H,26,30). The molecular weight excluding hydrogens is 447 g/mol. The summed E-state index contributed by atoms with van der Waals surface area (Å²) in [5, 5.41) is 7.30. The zero-order valence-electron chi connectivity index (χ0n) is 16.4. The van der Waals surface area contributed by atoms with Gasteiger partial charge in [0.15, 0.2) is 5.82 Å². The monoisotopic (exact) mass is 464 g/mol. The van der Waals surface area contributed by atoms with Gasteiger partial charge in [0.2, 0.25) is 5.82 Å². The molecule has 5 nitrogen and oxygen atoms in total. The number of rotatable bonds is 4. The van der Waals surface area contributed by atoms with Crippen molar-refractivity contribution in [3.05, 3.63) is 94.0 Å². The Kier molecular flexibility index (Phi) is 5.46. The van der Waals surface area contributed by atoms with Gasteiger partial charge in [0, 0.05) is 15.7 Å². The number of hydrogen-bond donors (Lipinski definition) is 1. The Hall–Kier alpha value is -3.32. The van der Waals surface area contributed by atoms with Gasteiger partial charge in [-0.25, -0.2) is 14.1 Å². The van der Waals surface area contributed by atoms with E-state index in [1.165, 1.54) is 12.1 Å². The van der Waals surface area contributed by atoms with Crippen LogP contribution in [0.4, 0.5) is 10.1 Å². The van der Waals surface area contributed by atoms with Crippen LogP contribution in [-0.4, -0.2) is 20.7 Å². The molecule has 1 amide bonds. The van der Waals surface area contributed by atoms with Gasteiger partial charge in [-0.1, -0.05) is 40.2 Å². The van der Waals surface area contributed by atoms with E-state index < -0.39 is 5.91 Å². The van der Waals surface area contributed by atoms with Crippen LogP contribution >= 0.6 is 15.9 Å². The third-order valence-electron chi connectivity index (χ3n) is 4.63. The van der Waals surface area contributed by atoms with Crippen LogP contribution in [0.5, 0.6) is 0 Å². The molecule has 30 heavy (non-hydrogen) atoms. The second-order valence-corrected chi connectivity index (χ2v) is 7.84. The van der Waals surface area contributed by atoms with Crippen molar-refractivity contribution in [3.63, 3.8) is 0 Å². The van der Waals surface area contributed by atoms with Crippen LogP contribution in [-0.2, 0) is 0 Å². The third-order valence-corrected chi connectivity index (χ3v) is 5.15. The van der Waals surface area contributed by atoms with Crippen LogP contribution in [0.3, 0.4) is 0 Å². The van der Waals surface area contributed by atoms with Crippen molar-refractivity contribution in [1.29, 1.82) is 0 Å².